The number of nitrogens with one attached hydrogen (secondary N) is 1. The highest BCUT2D eigenvalue weighted by atomic mass is 32.2. The van der Waals surface area contributed by atoms with Crippen LogP contribution in [0.2, 0.25) is 0 Å². The van der Waals surface area contributed by atoms with E-state index in [0.29, 0.717) is 5.75 Å². The molecular formula is C14H15NO3S. The molecule has 0 spiro atoms. The van der Waals surface area contributed by atoms with E-state index in [2.05, 4.69) is 4.72 Å². The van der Waals surface area contributed by atoms with E-state index in [1.54, 1.807) is 18.2 Å². The molecule has 0 heterocycles. The molecule has 0 atom stereocenters. The van der Waals surface area contributed by atoms with Gasteiger partial charge < -0.3 is 4.74 Å². The van der Waals surface area contributed by atoms with Crippen molar-refractivity contribution in [2.75, 3.05) is 7.11 Å². The Labute approximate surface area is 113 Å². The van der Waals surface area contributed by atoms with Gasteiger partial charge in [-0.3, -0.25) is 0 Å². The van der Waals surface area contributed by atoms with Crippen LogP contribution >= 0.6 is 0 Å². The van der Waals surface area contributed by atoms with E-state index in [9.17, 15) is 8.42 Å². The van der Waals surface area contributed by atoms with Crippen molar-refractivity contribution in [1.82, 2.24) is 4.72 Å². The normalized spacial score (nSPS) is 11.2. The van der Waals surface area contributed by atoms with Crippen molar-refractivity contribution in [3.05, 3.63) is 60.2 Å². The molecule has 0 fully saturated rings. The second kappa shape index (κ2) is 5.86. The molecule has 4 nitrogen and oxygen atoms in total. The zero-order valence-electron chi connectivity index (χ0n) is 10.5. The summed E-state index contributed by atoms with van der Waals surface area (Å²) in [5.41, 5.74) is 0.904. The summed E-state index contributed by atoms with van der Waals surface area (Å²) in [6, 6.07) is 15.9. The van der Waals surface area contributed by atoms with Gasteiger partial charge >= 0.3 is 0 Å². The minimum Gasteiger partial charge on any atom is -0.495 e. The van der Waals surface area contributed by atoms with Gasteiger partial charge in [0.15, 0.2) is 0 Å². The van der Waals surface area contributed by atoms with Crippen LogP contribution in [0.15, 0.2) is 59.5 Å². The molecule has 0 aliphatic carbocycles. The van der Waals surface area contributed by atoms with Crippen LogP contribution < -0.4 is 9.46 Å². The Morgan fingerprint density at radius 3 is 2.32 bits per heavy atom. The van der Waals surface area contributed by atoms with E-state index in [-0.39, 0.29) is 11.4 Å². The second-order valence-electron chi connectivity index (χ2n) is 3.96. The van der Waals surface area contributed by atoms with Gasteiger partial charge in [-0.25, -0.2) is 13.1 Å². The lowest BCUT2D eigenvalue weighted by Gasteiger charge is -2.10. The van der Waals surface area contributed by atoms with Crippen LogP contribution in [0.1, 0.15) is 5.56 Å². The Bertz CT molecular complexity index is 639. The van der Waals surface area contributed by atoms with Crippen molar-refractivity contribution >= 4 is 10.0 Å². The number of methoxy groups -OCH3 is 1. The predicted octanol–water partition coefficient (Wildman–Crippen LogP) is 2.17. The maximum atomic E-state index is 12.2. The molecule has 0 saturated carbocycles. The largest absolute Gasteiger partial charge is 0.495 e. The molecule has 1 N–H and O–H groups in total. The molecule has 0 bridgehead atoms. The van der Waals surface area contributed by atoms with Gasteiger partial charge in [0.2, 0.25) is 10.0 Å². The molecule has 0 amide bonds. The first kappa shape index (κ1) is 13.6. The topological polar surface area (TPSA) is 55.4 Å². The second-order valence-corrected chi connectivity index (χ2v) is 5.70. The van der Waals surface area contributed by atoms with Crippen LogP contribution in [0.4, 0.5) is 0 Å². The number of rotatable bonds is 5. The highest BCUT2D eigenvalue weighted by molar-refractivity contribution is 7.89. The third kappa shape index (κ3) is 3.33. The Hall–Kier alpha value is -1.85. The fourth-order valence-electron chi connectivity index (χ4n) is 1.69. The number of ether oxygens (including phenoxy) is 1. The molecule has 2 rings (SSSR count). The van der Waals surface area contributed by atoms with Crippen LogP contribution in [0.25, 0.3) is 0 Å². The summed E-state index contributed by atoms with van der Waals surface area (Å²) in [6.45, 7) is 0.251. The Morgan fingerprint density at radius 1 is 1.00 bits per heavy atom. The van der Waals surface area contributed by atoms with Gasteiger partial charge in [0, 0.05) is 6.54 Å². The van der Waals surface area contributed by atoms with E-state index in [1.165, 1.54) is 13.2 Å². The van der Waals surface area contributed by atoms with Crippen molar-refractivity contribution in [1.29, 1.82) is 0 Å². The molecule has 0 aliphatic rings. The van der Waals surface area contributed by atoms with Gasteiger partial charge in [-0.2, -0.15) is 0 Å². The number of sulfonamides is 1. The first-order valence-electron chi connectivity index (χ1n) is 5.80. The number of hydrogen-bond donors (Lipinski definition) is 1. The molecule has 0 radical (unpaired) electrons. The van der Waals surface area contributed by atoms with Gasteiger partial charge in [-0.15, -0.1) is 0 Å². The van der Waals surface area contributed by atoms with E-state index in [4.69, 9.17) is 4.74 Å². The fraction of sp³-hybridized carbons (Fsp3) is 0.143. The lowest BCUT2D eigenvalue weighted by molar-refractivity contribution is 0.402. The van der Waals surface area contributed by atoms with Crippen molar-refractivity contribution in [3.63, 3.8) is 0 Å². The van der Waals surface area contributed by atoms with E-state index in [0.717, 1.165) is 5.56 Å². The van der Waals surface area contributed by atoms with Crippen LogP contribution in [0.3, 0.4) is 0 Å². The van der Waals surface area contributed by atoms with E-state index in [1.807, 2.05) is 30.3 Å². The van der Waals surface area contributed by atoms with Crippen LogP contribution in [0.5, 0.6) is 5.75 Å². The fourth-order valence-corrected chi connectivity index (χ4v) is 2.88. The summed E-state index contributed by atoms with van der Waals surface area (Å²) in [5.74, 6) is 0.336. The Morgan fingerprint density at radius 2 is 1.63 bits per heavy atom. The van der Waals surface area contributed by atoms with Gasteiger partial charge in [0.25, 0.3) is 0 Å². The summed E-state index contributed by atoms with van der Waals surface area (Å²) in [6.07, 6.45) is 0. The number of hydrogen-bond acceptors (Lipinski definition) is 3. The summed E-state index contributed by atoms with van der Waals surface area (Å²) >= 11 is 0. The molecule has 100 valence electrons. The van der Waals surface area contributed by atoms with Crippen LogP contribution in [0, 0.1) is 0 Å². The quantitative estimate of drug-likeness (QED) is 0.911. The third-order valence-electron chi connectivity index (χ3n) is 2.67. The maximum absolute atomic E-state index is 12.2. The first-order chi connectivity index (χ1) is 9.13. The lowest BCUT2D eigenvalue weighted by atomic mass is 10.2. The van der Waals surface area contributed by atoms with Gasteiger partial charge in [-0.05, 0) is 17.7 Å². The molecule has 0 saturated heterocycles. The summed E-state index contributed by atoms with van der Waals surface area (Å²) in [4.78, 5) is 0.147. The SMILES string of the molecule is COc1ccccc1S(=O)(=O)NCc1ccccc1. The monoisotopic (exact) mass is 277 g/mol. The van der Waals surface area contributed by atoms with Gasteiger partial charge in [-0.1, -0.05) is 42.5 Å². The number of para-hydroxylation sites is 1. The average molecular weight is 277 g/mol. The molecule has 2 aromatic rings. The standard InChI is InChI=1S/C14H15NO3S/c1-18-13-9-5-6-10-14(13)19(16,17)15-11-12-7-3-2-4-8-12/h2-10,15H,11H2,1H3. The zero-order valence-corrected chi connectivity index (χ0v) is 11.4. The first-order valence-corrected chi connectivity index (χ1v) is 7.28. The zero-order chi connectivity index (χ0) is 13.7. The van der Waals surface area contributed by atoms with Crippen molar-refractivity contribution in [2.45, 2.75) is 11.4 Å². The van der Waals surface area contributed by atoms with Crippen molar-refractivity contribution in [2.24, 2.45) is 0 Å². The molecule has 0 aromatic heterocycles. The highest BCUT2D eigenvalue weighted by Crippen LogP contribution is 2.22. The molecule has 2 aromatic carbocycles. The summed E-state index contributed by atoms with van der Waals surface area (Å²) in [5, 5.41) is 0. The lowest BCUT2D eigenvalue weighted by Crippen LogP contribution is -2.23. The van der Waals surface area contributed by atoms with E-state index < -0.39 is 10.0 Å². The Kier molecular flexibility index (Phi) is 4.19. The minimum atomic E-state index is -3.58. The third-order valence-corrected chi connectivity index (χ3v) is 4.11. The summed E-state index contributed by atoms with van der Waals surface area (Å²) < 4.78 is 32.0. The van der Waals surface area contributed by atoms with Crippen LogP contribution in [-0.4, -0.2) is 15.5 Å². The van der Waals surface area contributed by atoms with Crippen molar-refractivity contribution < 1.29 is 13.2 Å². The predicted molar refractivity (Wildman–Crippen MR) is 73.5 cm³/mol. The smallest absolute Gasteiger partial charge is 0.244 e. The molecule has 0 aliphatic heterocycles. The molecular weight excluding hydrogens is 262 g/mol. The van der Waals surface area contributed by atoms with Crippen LogP contribution in [-0.2, 0) is 16.6 Å². The Balaban J connectivity index is 2.19. The van der Waals surface area contributed by atoms with E-state index >= 15 is 0 Å². The maximum Gasteiger partial charge on any atom is 0.244 e. The molecule has 5 heteroatoms. The average Bonchev–Trinajstić information content (AvgIpc) is 2.46. The summed E-state index contributed by atoms with van der Waals surface area (Å²) in [7, 11) is -2.13. The molecule has 0 unspecified atom stereocenters. The highest BCUT2D eigenvalue weighted by Gasteiger charge is 2.18. The van der Waals surface area contributed by atoms with Gasteiger partial charge in [0.1, 0.15) is 10.6 Å². The minimum absolute atomic E-state index is 0.147. The van der Waals surface area contributed by atoms with Crippen molar-refractivity contribution in [3.8, 4) is 5.75 Å². The van der Waals surface area contributed by atoms with Gasteiger partial charge in [0.05, 0.1) is 7.11 Å². The molecule has 19 heavy (non-hydrogen) atoms. The number of benzene rings is 2.